The van der Waals surface area contributed by atoms with Crippen molar-refractivity contribution in [2.45, 2.75) is 0 Å². The summed E-state index contributed by atoms with van der Waals surface area (Å²) in [5, 5.41) is 14.9. The third kappa shape index (κ3) is 3.09. The summed E-state index contributed by atoms with van der Waals surface area (Å²) in [6.07, 6.45) is 3.18. The van der Waals surface area contributed by atoms with Gasteiger partial charge < -0.3 is 14.8 Å². The summed E-state index contributed by atoms with van der Waals surface area (Å²) in [4.78, 5) is 33.7. The minimum absolute atomic E-state index is 0.0210. The molecule has 2 N–H and O–H groups in total. The molecule has 146 valence electrons. The number of carbonyl (C=O) groups excluding carboxylic acids is 1. The van der Waals surface area contributed by atoms with Crippen molar-refractivity contribution < 1.29 is 19.1 Å². The van der Waals surface area contributed by atoms with Crippen molar-refractivity contribution >= 4 is 50.9 Å². The van der Waals surface area contributed by atoms with E-state index in [1.165, 1.54) is 11.3 Å². The molecule has 8 heteroatoms. The molecule has 5 rings (SSSR count). The lowest BCUT2D eigenvalue weighted by atomic mass is 10.1. The number of anilines is 1. The van der Waals surface area contributed by atoms with Crippen LogP contribution in [0.15, 0.2) is 70.7 Å². The molecule has 0 aliphatic rings. The summed E-state index contributed by atoms with van der Waals surface area (Å²) in [5.74, 6) is -1.53. The highest BCUT2D eigenvalue weighted by molar-refractivity contribution is 7.14. The largest absolute Gasteiger partial charge is 0.478 e. The summed E-state index contributed by atoms with van der Waals surface area (Å²) in [5.41, 5.74) is 2.89. The van der Waals surface area contributed by atoms with Gasteiger partial charge in [0.05, 0.1) is 21.6 Å². The van der Waals surface area contributed by atoms with E-state index in [0.717, 1.165) is 5.39 Å². The normalized spacial score (nSPS) is 11.1. The summed E-state index contributed by atoms with van der Waals surface area (Å²) in [6.45, 7) is 0. The van der Waals surface area contributed by atoms with Crippen LogP contribution in [-0.4, -0.2) is 27.0 Å². The third-order valence-corrected chi connectivity index (χ3v) is 5.66. The van der Waals surface area contributed by atoms with E-state index in [0.29, 0.717) is 27.1 Å². The highest BCUT2D eigenvalue weighted by Crippen LogP contribution is 2.37. The van der Waals surface area contributed by atoms with Crippen molar-refractivity contribution in [1.29, 1.82) is 0 Å². The smallest absolute Gasteiger partial charge is 0.339 e. The predicted octanol–water partition coefficient (Wildman–Crippen LogP) is 5.06. The van der Waals surface area contributed by atoms with E-state index in [4.69, 9.17) is 4.42 Å². The first-order valence-corrected chi connectivity index (χ1v) is 9.84. The minimum atomic E-state index is -1.13. The maximum Gasteiger partial charge on any atom is 0.339 e. The van der Waals surface area contributed by atoms with Gasteiger partial charge in [0.15, 0.2) is 5.76 Å². The average Bonchev–Trinajstić information content (AvgIpc) is 3.37. The number of fused-ring (bicyclic) bond motifs is 2. The van der Waals surface area contributed by atoms with E-state index in [1.54, 1.807) is 48.1 Å². The lowest BCUT2D eigenvalue weighted by molar-refractivity contribution is 0.0699. The Bertz CT molecular complexity index is 1400. The zero-order valence-corrected chi connectivity index (χ0v) is 16.1. The molecule has 3 heterocycles. The second kappa shape index (κ2) is 7.09. The van der Waals surface area contributed by atoms with Crippen LogP contribution < -0.4 is 5.32 Å². The van der Waals surface area contributed by atoms with Crippen LogP contribution in [0.5, 0.6) is 0 Å². The van der Waals surface area contributed by atoms with E-state index in [-0.39, 0.29) is 17.0 Å². The van der Waals surface area contributed by atoms with Crippen LogP contribution in [0.2, 0.25) is 0 Å². The van der Waals surface area contributed by atoms with Gasteiger partial charge in [-0.2, -0.15) is 0 Å². The van der Waals surface area contributed by atoms with Crippen molar-refractivity contribution in [1.82, 2.24) is 9.97 Å². The van der Waals surface area contributed by atoms with Gasteiger partial charge in [-0.3, -0.25) is 14.8 Å². The van der Waals surface area contributed by atoms with Gasteiger partial charge in [0.25, 0.3) is 5.91 Å². The predicted molar refractivity (Wildman–Crippen MR) is 114 cm³/mol. The second-order valence-electron chi connectivity index (χ2n) is 6.52. The maximum absolute atomic E-state index is 12.7. The molecule has 0 spiro atoms. The number of carboxylic acids is 1. The van der Waals surface area contributed by atoms with E-state index in [1.807, 2.05) is 18.2 Å². The number of furan rings is 1. The summed E-state index contributed by atoms with van der Waals surface area (Å²) in [6, 6.07) is 14.3. The molecule has 0 bridgehead atoms. The zero-order chi connectivity index (χ0) is 20.7. The fraction of sp³-hybridized carbons (Fsp3) is 0. The first kappa shape index (κ1) is 18.0. The number of para-hydroxylation sites is 1. The first-order valence-electron chi connectivity index (χ1n) is 8.96. The number of carbonyl (C=O) groups is 2. The van der Waals surface area contributed by atoms with Crippen LogP contribution in [0.25, 0.3) is 32.4 Å². The van der Waals surface area contributed by atoms with Gasteiger partial charge in [-0.15, -0.1) is 11.3 Å². The number of amides is 1. The lowest BCUT2D eigenvalue weighted by Gasteiger charge is -2.05. The number of thiophene rings is 1. The van der Waals surface area contributed by atoms with E-state index in [2.05, 4.69) is 15.3 Å². The fourth-order valence-corrected chi connectivity index (χ4v) is 4.25. The standard InChI is InChI=1S/C22H13N3O4S/c26-21(18-10-12-3-1-2-4-17(12)29-18)25-16-11-30-20(19(16)22(27)28)13-5-6-14-15(9-13)24-8-7-23-14/h1-11H,(H,25,26)(H,27,28). The molecular weight excluding hydrogens is 402 g/mol. The Balaban J connectivity index is 1.52. The van der Waals surface area contributed by atoms with Gasteiger partial charge in [0.2, 0.25) is 0 Å². The highest BCUT2D eigenvalue weighted by Gasteiger charge is 2.23. The zero-order valence-electron chi connectivity index (χ0n) is 15.3. The number of nitrogens with zero attached hydrogens (tertiary/aromatic N) is 2. The molecule has 2 aromatic carbocycles. The quantitative estimate of drug-likeness (QED) is 0.425. The molecule has 0 unspecified atom stereocenters. The number of aromatic carboxylic acids is 1. The molecular formula is C22H13N3O4S. The Morgan fingerprint density at radius 3 is 2.60 bits per heavy atom. The number of nitrogens with one attached hydrogen (secondary N) is 1. The van der Waals surface area contributed by atoms with Crippen LogP contribution in [0.1, 0.15) is 20.9 Å². The van der Waals surface area contributed by atoms with Crippen molar-refractivity contribution in [3.05, 3.63) is 77.6 Å². The summed E-state index contributed by atoms with van der Waals surface area (Å²) in [7, 11) is 0. The van der Waals surface area contributed by atoms with Crippen LogP contribution in [0.3, 0.4) is 0 Å². The molecule has 5 aromatic rings. The number of hydrogen-bond donors (Lipinski definition) is 2. The second-order valence-corrected chi connectivity index (χ2v) is 7.40. The first-order chi connectivity index (χ1) is 14.6. The summed E-state index contributed by atoms with van der Waals surface area (Å²) >= 11 is 1.23. The van der Waals surface area contributed by atoms with Crippen molar-refractivity contribution in [3.63, 3.8) is 0 Å². The molecule has 0 radical (unpaired) electrons. The van der Waals surface area contributed by atoms with Gasteiger partial charge in [-0.25, -0.2) is 4.79 Å². The molecule has 0 fully saturated rings. The number of rotatable bonds is 4. The molecule has 0 saturated carbocycles. The molecule has 1 amide bonds. The Kier molecular flexibility index (Phi) is 4.26. The maximum atomic E-state index is 12.7. The van der Waals surface area contributed by atoms with Crippen molar-refractivity contribution in [3.8, 4) is 10.4 Å². The Hall–Kier alpha value is -4.04. The Labute approximate surface area is 173 Å². The molecule has 30 heavy (non-hydrogen) atoms. The molecule has 0 atom stereocenters. The third-order valence-electron chi connectivity index (χ3n) is 4.63. The highest BCUT2D eigenvalue weighted by atomic mass is 32.1. The molecule has 0 aliphatic carbocycles. The van der Waals surface area contributed by atoms with Gasteiger partial charge in [0.1, 0.15) is 11.1 Å². The lowest BCUT2D eigenvalue weighted by Crippen LogP contribution is -2.13. The van der Waals surface area contributed by atoms with Crippen LogP contribution >= 0.6 is 11.3 Å². The molecule has 0 saturated heterocycles. The van der Waals surface area contributed by atoms with Crippen molar-refractivity contribution in [2.75, 3.05) is 5.32 Å². The monoisotopic (exact) mass is 415 g/mol. The van der Waals surface area contributed by atoms with Gasteiger partial charge in [-0.05, 0) is 29.8 Å². The average molecular weight is 415 g/mol. The Morgan fingerprint density at radius 1 is 1.00 bits per heavy atom. The number of aromatic nitrogens is 2. The van der Waals surface area contributed by atoms with Crippen LogP contribution in [-0.2, 0) is 0 Å². The number of benzene rings is 2. The van der Waals surface area contributed by atoms with Crippen molar-refractivity contribution in [2.24, 2.45) is 0 Å². The SMILES string of the molecule is O=C(Nc1csc(-c2ccc3nccnc3c2)c1C(=O)O)c1cc2ccccc2o1. The summed E-state index contributed by atoms with van der Waals surface area (Å²) < 4.78 is 5.57. The van der Waals surface area contributed by atoms with Gasteiger partial charge in [0, 0.05) is 23.2 Å². The molecule has 3 aromatic heterocycles. The fourth-order valence-electron chi connectivity index (χ4n) is 3.26. The number of carboxylic acid groups (broad SMARTS) is 1. The van der Waals surface area contributed by atoms with Gasteiger partial charge >= 0.3 is 5.97 Å². The van der Waals surface area contributed by atoms with Gasteiger partial charge in [-0.1, -0.05) is 24.3 Å². The topological polar surface area (TPSA) is 105 Å². The van der Waals surface area contributed by atoms with E-state index in [9.17, 15) is 14.7 Å². The van der Waals surface area contributed by atoms with E-state index < -0.39 is 11.9 Å². The van der Waals surface area contributed by atoms with Crippen LogP contribution in [0.4, 0.5) is 5.69 Å². The van der Waals surface area contributed by atoms with Crippen LogP contribution in [0, 0.1) is 0 Å². The molecule has 0 aliphatic heterocycles. The molecule has 7 nitrogen and oxygen atoms in total. The minimum Gasteiger partial charge on any atom is -0.478 e. The van der Waals surface area contributed by atoms with E-state index >= 15 is 0 Å². The number of hydrogen-bond acceptors (Lipinski definition) is 6. The Morgan fingerprint density at radius 2 is 1.80 bits per heavy atom.